The highest BCUT2D eigenvalue weighted by atomic mass is 127. The van der Waals surface area contributed by atoms with Crippen molar-refractivity contribution in [1.29, 1.82) is 0 Å². The number of carbonyl (C=O) groups excluding carboxylic acids is 1. The SMILES string of the molecule is CN=C(NCCC(=O)NC1CCCCC1)NCc1ccc2c(c1)OCO2.I. The van der Waals surface area contributed by atoms with E-state index in [9.17, 15) is 4.79 Å². The van der Waals surface area contributed by atoms with Crippen molar-refractivity contribution in [3.8, 4) is 11.5 Å². The summed E-state index contributed by atoms with van der Waals surface area (Å²) in [7, 11) is 1.72. The van der Waals surface area contributed by atoms with E-state index >= 15 is 0 Å². The predicted octanol–water partition coefficient (Wildman–Crippen LogP) is 2.54. The summed E-state index contributed by atoms with van der Waals surface area (Å²) in [5.41, 5.74) is 1.08. The fourth-order valence-electron chi connectivity index (χ4n) is 3.30. The van der Waals surface area contributed by atoms with Crippen molar-refractivity contribution in [2.75, 3.05) is 20.4 Å². The molecule has 0 radical (unpaired) electrons. The van der Waals surface area contributed by atoms with E-state index in [-0.39, 0.29) is 36.7 Å². The van der Waals surface area contributed by atoms with Crippen LogP contribution in [0.5, 0.6) is 11.5 Å². The van der Waals surface area contributed by atoms with Crippen molar-refractivity contribution in [2.45, 2.75) is 51.1 Å². The average molecular weight is 488 g/mol. The zero-order valence-electron chi connectivity index (χ0n) is 15.8. The second kappa shape index (κ2) is 11.2. The van der Waals surface area contributed by atoms with Crippen LogP contribution in [0.15, 0.2) is 23.2 Å². The number of amides is 1. The molecular weight excluding hydrogens is 459 g/mol. The molecule has 1 aliphatic heterocycles. The van der Waals surface area contributed by atoms with Crippen LogP contribution in [0.2, 0.25) is 0 Å². The molecular formula is C19H29IN4O3. The number of benzene rings is 1. The number of hydrogen-bond acceptors (Lipinski definition) is 4. The molecule has 3 rings (SSSR count). The topological polar surface area (TPSA) is 84.0 Å². The molecule has 0 atom stereocenters. The van der Waals surface area contributed by atoms with Crippen molar-refractivity contribution in [1.82, 2.24) is 16.0 Å². The zero-order valence-corrected chi connectivity index (χ0v) is 18.1. The van der Waals surface area contributed by atoms with E-state index in [4.69, 9.17) is 9.47 Å². The molecule has 0 unspecified atom stereocenters. The van der Waals surface area contributed by atoms with Crippen molar-refractivity contribution in [3.63, 3.8) is 0 Å². The molecule has 150 valence electrons. The van der Waals surface area contributed by atoms with Crippen LogP contribution < -0.4 is 25.4 Å². The molecule has 1 amide bonds. The van der Waals surface area contributed by atoms with Gasteiger partial charge in [0.25, 0.3) is 0 Å². The monoisotopic (exact) mass is 488 g/mol. The number of aliphatic imine (C=N–C) groups is 1. The van der Waals surface area contributed by atoms with Gasteiger partial charge >= 0.3 is 0 Å². The highest BCUT2D eigenvalue weighted by Gasteiger charge is 2.15. The van der Waals surface area contributed by atoms with E-state index in [0.717, 1.165) is 29.9 Å². The number of fused-ring (bicyclic) bond motifs is 1. The van der Waals surface area contributed by atoms with Gasteiger partial charge in [0, 0.05) is 32.6 Å². The number of ether oxygens (including phenoxy) is 2. The lowest BCUT2D eigenvalue weighted by Gasteiger charge is -2.22. The van der Waals surface area contributed by atoms with Gasteiger partial charge in [-0.1, -0.05) is 25.3 Å². The Labute approximate surface area is 177 Å². The van der Waals surface area contributed by atoms with Gasteiger partial charge in [0.05, 0.1) is 0 Å². The smallest absolute Gasteiger partial charge is 0.231 e. The van der Waals surface area contributed by atoms with Crippen LogP contribution in [0.4, 0.5) is 0 Å². The molecule has 0 bridgehead atoms. The van der Waals surface area contributed by atoms with E-state index in [2.05, 4.69) is 20.9 Å². The van der Waals surface area contributed by atoms with Gasteiger partial charge in [-0.2, -0.15) is 0 Å². The quantitative estimate of drug-likeness (QED) is 0.326. The van der Waals surface area contributed by atoms with Crippen LogP contribution in [-0.2, 0) is 11.3 Å². The molecule has 1 aromatic rings. The van der Waals surface area contributed by atoms with E-state index in [1.807, 2.05) is 18.2 Å². The lowest BCUT2D eigenvalue weighted by Crippen LogP contribution is -2.41. The van der Waals surface area contributed by atoms with Crippen LogP contribution >= 0.6 is 24.0 Å². The Morgan fingerprint density at radius 1 is 1.15 bits per heavy atom. The second-order valence-corrected chi connectivity index (χ2v) is 6.69. The third-order valence-corrected chi connectivity index (χ3v) is 4.74. The highest BCUT2D eigenvalue weighted by molar-refractivity contribution is 14.0. The Kier molecular flexibility index (Phi) is 8.96. The number of guanidine groups is 1. The van der Waals surface area contributed by atoms with E-state index < -0.39 is 0 Å². The molecule has 2 aliphatic rings. The van der Waals surface area contributed by atoms with Crippen molar-refractivity contribution in [2.24, 2.45) is 4.99 Å². The van der Waals surface area contributed by atoms with Gasteiger partial charge in [-0.15, -0.1) is 24.0 Å². The van der Waals surface area contributed by atoms with Gasteiger partial charge in [-0.3, -0.25) is 9.79 Å². The Hall–Kier alpha value is -1.71. The average Bonchev–Trinajstić information content (AvgIpc) is 3.13. The predicted molar refractivity (Wildman–Crippen MR) is 116 cm³/mol. The zero-order chi connectivity index (χ0) is 18.2. The molecule has 27 heavy (non-hydrogen) atoms. The standard InChI is InChI=1S/C19H28N4O3.HI/c1-20-19(21-10-9-18(24)23-15-5-3-2-4-6-15)22-12-14-7-8-16-17(11-14)26-13-25-16;/h7-8,11,15H,2-6,9-10,12-13H2,1H3,(H,23,24)(H2,20,21,22);1H. The minimum Gasteiger partial charge on any atom is -0.454 e. The summed E-state index contributed by atoms with van der Waals surface area (Å²) < 4.78 is 10.7. The number of hydrogen-bond donors (Lipinski definition) is 3. The fourth-order valence-corrected chi connectivity index (χ4v) is 3.30. The maximum absolute atomic E-state index is 12.0. The lowest BCUT2D eigenvalue weighted by molar-refractivity contribution is -0.121. The minimum absolute atomic E-state index is 0. The van der Waals surface area contributed by atoms with Gasteiger partial charge in [0.2, 0.25) is 12.7 Å². The van der Waals surface area contributed by atoms with Crippen LogP contribution in [0.3, 0.4) is 0 Å². The Morgan fingerprint density at radius 3 is 2.70 bits per heavy atom. The number of nitrogens with one attached hydrogen (secondary N) is 3. The van der Waals surface area contributed by atoms with Crippen LogP contribution in [0, 0.1) is 0 Å². The van der Waals surface area contributed by atoms with Gasteiger partial charge in [0.1, 0.15) is 0 Å². The second-order valence-electron chi connectivity index (χ2n) is 6.69. The molecule has 1 aliphatic carbocycles. The van der Waals surface area contributed by atoms with Crippen molar-refractivity contribution < 1.29 is 14.3 Å². The van der Waals surface area contributed by atoms with Crippen LogP contribution in [0.25, 0.3) is 0 Å². The minimum atomic E-state index is 0. The molecule has 7 nitrogen and oxygen atoms in total. The van der Waals surface area contributed by atoms with Crippen molar-refractivity contribution >= 4 is 35.8 Å². The number of carbonyl (C=O) groups is 1. The summed E-state index contributed by atoms with van der Waals surface area (Å²) in [6, 6.07) is 6.22. The number of rotatable bonds is 6. The van der Waals surface area contributed by atoms with E-state index in [1.54, 1.807) is 7.05 Å². The summed E-state index contributed by atoms with van der Waals surface area (Å²) in [5, 5.41) is 9.55. The maximum Gasteiger partial charge on any atom is 0.231 e. The maximum atomic E-state index is 12.0. The first-order chi connectivity index (χ1) is 12.7. The van der Waals surface area contributed by atoms with Gasteiger partial charge < -0.3 is 25.4 Å². The van der Waals surface area contributed by atoms with Crippen LogP contribution in [0.1, 0.15) is 44.1 Å². The first-order valence-corrected chi connectivity index (χ1v) is 9.37. The van der Waals surface area contributed by atoms with Gasteiger partial charge in [0.15, 0.2) is 17.5 Å². The molecule has 3 N–H and O–H groups in total. The first-order valence-electron chi connectivity index (χ1n) is 9.37. The van der Waals surface area contributed by atoms with Crippen molar-refractivity contribution in [3.05, 3.63) is 23.8 Å². The molecule has 0 aromatic heterocycles. The third kappa shape index (κ3) is 6.75. The van der Waals surface area contributed by atoms with Gasteiger partial charge in [-0.25, -0.2) is 0 Å². The summed E-state index contributed by atoms with van der Waals surface area (Å²) >= 11 is 0. The van der Waals surface area contributed by atoms with Gasteiger partial charge in [-0.05, 0) is 30.5 Å². The summed E-state index contributed by atoms with van der Waals surface area (Å²) in [5.74, 6) is 2.33. The van der Waals surface area contributed by atoms with E-state index in [0.29, 0.717) is 31.5 Å². The molecule has 0 spiro atoms. The highest BCUT2D eigenvalue weighted by Crippen LogP contribution is 2.32. The first kappa shape index (κ1) is 21.6. The third-order valence-electron chi connectivity index (χ3n) is 4.74. The van der Waals surface area contributed by atoms with E-state index in [1.165, 1.54) is 19.3 Å². The summed E-state index contributed by atoms with van der Waals surface area (Å²) in [4.78, 5) is 16.2. The molecule has 1 fully saturated rings. The largest absolute Gasteiger partial charge is 0.454 e. The normalized spacial score (nSPS) is 16.4. The molecule has 1 heterocycles. The Bertz CT molecular complexity index is 648. The summed E-state index contributed by atoms with van der Waals surface area (Å²) in [6.45, 7) is 1.45. The summed E-state index contributed by atoms with van der Waals surface area (Å²) in [6.07, 6.45) is 6.40. The lowest BCUT2D eigenvalue weighted by atomic mass is 9.95. The molecule has 8 heteroatoms. The Balaban J connectivity index is 0.00000261. The number of halogens is 1. The molecule has 1 saturated carbocycles. The molecule has 1 aromatic carbocycles. The van der Waals surface area contributed by atoms with Crippen LogP contribution in [-0.4, -0.2) is 38.3 Å². The Morgan fingerprint density at radius 2 is 1.93 bits per heavy atom. The molecule has 0 saturated heterocycles. The fraction of sp³-hybridized carbons (Fsp3) is 0.579. The number of nitrogens with zero attached hydrogens (tertiary/aromatic N) is 1.